The number of nitrogens with zero attached hydrogens (tertiary/aromatic N) is 1. The summed E-state index contributed by atoms with van der Waals surface area (Å²) < 4.78 is 0. The highest BCUT2D eigenvalue weighted by Gasteiger charge is 2.38. The number of aliphatic hydroxyl groups is 2. The second-order valence-corrected chi connectivity index (χ2v) is 21.3. The second-order valence-electron chi connectivity index (χ2n) is 18.8. The number of hydrogen-bond donors (Lipinski definition) is 14. The van der Waals surface area contributed by atoms with Crippen LogP contribution in [-0.4, -0.2) is 178 Å². The fraction of sp³-hybridized carbons (Fsp3) is 0.622. The molecular weight excluding hydrogens is 997 g/mol. The minimum absolute atomic E-state index is 0.0701. The van der Waals surface area contributed by atoms with E-state index in [1.807, 2.05) is 20.8 Å². The first-order valence-electron chi connectivity index (χ1n) is 23.4. The Balaban J connectivity index is 2.75. The van der Waals surface area contributed by atoms with Gasteiger partial charge < -0.3 is 85.2 Å². The molecule has 73 heavy (non-hydrogen) atoms. The van der Waals surface area contributed by atoms with Crippen LogP contribution >= 0.6 is 21.6 Å². The van der Waals surface area contributed by atoms with Crippen molar-refractivity contribution in [3.63, 3.8) is 0 Å². The summed E-state index contributed by atoms with van der Waals surface area (Å²) in [5.41, 5.74) is 22.4. The van der Waals surface area contributed by atoms with Crippen molar-refractivity contribution in [3.8, 4) is 5.75 Å². The molecule has 1 aromatic carbocycles. The van der Waals surface area contributed by atoms with E-state index in [2.05, 4.69) is 37.2 Å². The lowest BCUT2D eigenvalue weighted by Gasteiger charge is -2.35. The van der Waals surface area contributed by atoms with E-state index in [1.54, 1.807) is 13.8 Å². The van der Waals surface area contributed by atoms with Gasteiger partial charge in [0.2, 0.25) is 59.1 Å². The third kappa shape index (κ3) is 22.7. The van der Waals surface area contributed by atoms with Crippen LogP contribution in [0, 0.1) is 11.3 Å². The van der Waals surface area contributed by atoms with Crippen molar-refractivity contribution in [2.24, 2.45) is 34.3 Å². The molecule has 18 N–H and O–H groups in total. The minimum atomic E-state index is -1.86. The second kappa shape index (κ2) is 30.8. The van der Waals surface area contributed by atoms with Gasteiger partial charge in [-0.3, -0.25) is 47.9 Å². The van der Waals surface area contributed by atoms with Gasteiger partial charge in [-0.25, -0.2) is 0 Å². The van der Waals surface area contributed by atoms with Gasteiger partial charge in [0.1, 0.15) is 42.2 Å². The van der Waals surface area contributed by atoms with E-state index in [0.29, 0.717) is 18.3 Å². The third-order valence-corrected chi connectivity index (χ3v) is 13.7. The molecule has 1 aliphatic rings. The van der Waals surface area contributed by atoms with Crippen molar-refractivity contribution >= 4 is 86.9 Å². The summed E-state index contributed by atoms with van der Waals surface area (Å²) in [6, 6.07) is -6.09. The Bertz CT molecular complexity index is 2100. The van der Waals surface area contributed by atoms with Gasteiger partial charge in [0.25, 0.3) is 0 Å². The fourth-order valence-corrected chi connectivity index (χ4v) is 9.39. The van der Waals surface area contributed by atoms with Gasteiger partial charge in [-0.15, -0.1) is 0 Å². The molecule has 10 amide bonds. The number of phenols is 1. The zero-order chi connectivity index (χ0) is 55.2. The lowest BCUT2D eigenvalue weighted by molar-refractivity contribution is -0.142. The summed E-state index contributed by atoms with van der Waals surface area (Å²) in [7, 11) is 1.84. The summed E-state index contributed by atoms with van der Waals surface area (Å²) in [5, 5.41) is 48.2. The Hall–Kier alpha value is -6.07. The van der Waals surface area contributed by atoms with E-state index in [9.17, 15) is 68.1 Å². The molecule has 26 nitrogen and oxygen atoms in total. The molecule has 1 aromatic rings. The Morgan fingerprint density at radius 2 is 1.42 bits per heavy atom. The summed E-state index contributed by atoms with van der Waals surface area (Å²) >= 11 is 0. The van der Waals surface area contributed by atoms with Gasteiger partial charge in [-0.05, 0) is 41.9 Å². The smallest absolute Gasteiger partial charge is 0.246 e. The van der Waals surface area contributed by atoms with E-state index in [0.717, 1.165) is 26.5 Å². The zero-order valence-corrected chi connectivity index (χ0v) is 43.2. The molecule has 0 aliphatic carbocycles. The van der Waals surface area contributed by atoms with Crippen LogP contribution in [0.1, 0.15) is 72.3 Å². The Morgan fingerprint density at radius 1 is 0.836 bits per heavy atom. The highest BCUT2D eigenvalue weighted by molar-refractivity contribution is 8.76. The van der Waals surface area contributed by atoms with Crippen molar-refractivity contribution < 1.29 is 68.1 Å². The maximum absolute atomic E-state index is 14.7. The van der Waals surface area contributed by atoms with Crippen molar-refractivity contribution in [2.75, 3.05) is 37.7 Å². The van der Waals surface area contributed by atoms with Crippen LogP contribution in [-0.2, 0) is 59.2 Å². The Labute approximate surface area is 430 Å². The first kappa shape index (κ1) is 63.0. The van der Waals surface area contributed by atoms with Crippen molar-refractivity contribution in [3.05, 3.63) is 29.8 Å². The average Bonchev–Trinajstić information content (AvgIpc) is 3.32. The molecule has 2 rings (SSSR count). The monoisotopic (exact) mass is 1070 g/mol. The van der Waals surface area contributed by atoms with E-state index >= 15 is 0 Å². The molecule has 0 bridgehead atoms. The molecule has 0 spiro atoms. The predicted molar refractivity (Wildman–Crippen MR) is 269 cm³/mol. The maximum atomic E-state index is 14.7. The number of aldehydes is 1. The van der Waals surface area contributed by atoms with Crippen molar-refractivity contribution in [1.29, 1.82) is 0 Å². The standard InChI is InChI=1S/C45H72N12O14S2/c1-6-23(2)37-43(70)52-29(11-12-34(47)62)40(67)54-31(14-35(48)63)41(68)55-33(22-73-72-21-28(46)38(65)53-30(42(69)56-37)13-24-7-9-26(60)10-8-24)44(71)57(18-27(61)20-59)25(19-58)16-50-32(15-45(3,4)5)39(66)51-17-36(49)64/h7-10,19,23,25,27-33,37,50,59-61H,6,11-18,20-22,46H2,1-5H3,(H2,47,62)(H2,48,63)(H2,49,64)(H,51,66)(H,52,70)(H,53,65)(H,54,67)(H,55,68)(H,56,69)/t23-,25?,27+,28-,29-,30-,31-,32-,33-,37-/m0/s1. The number of phenolic OH excluding ortho intramolecular Hbond substituents is 1. The number of nitrogens with one attached hydrogen (secondary N) is 7. The molecule has 1 aliphatic heterocycles. The first-order chi connectivity index (χ1) is 34.2. The van der Waals surface area contributed by atoms with Gasteiger partial charge in [0.15, 0.2) is 0 Å². The highest BCUT2D eigenvalue weighted by atomic mass is 33.1. The van der Waals surface area contributed by atoms with Crippen LogP contribution in [0.5, 0.6) is 5.75 Å². The molecule has 1 fully saturated rings. The van der Waals surface area contributed by atoms with Gasteiger partial charge in [-0.1, -0.05) is 74.8 Å². The summed E-state index contributed by atoms with van der Waals surface area (Å²) in [5.74, 6) is -10.7. The third-order valence-electron chi connectivity index (χ3n) is 11.3. The molecule has 10 atom stereocenters. The lowest BCUT2D eigenvalue weighted by Crippen LogP contribution is -2.62. The number of aliphatic hydroxyl groups excluding tert-OH is 2. The van der Waals surface area contributed by atoms with E-state index in [4.69, 9.17) is 22.9 Å². The van der Waals surface area contributed by atoms with E-state index < -0.39 is 176 Å². The van der Waals surface area contributed by atoms with Gasteiger partial charge in [0.05, 0.1) is 43.8 Å². The molecule has 1 saturated heterocycles. The van der Waals surface area contributed by atoms with Crippen molar-refractivity contribution in [1.82, 2.24) is 42.1 Å². The zero-order valence-electron chi connectivity index (χ0n) is 41.6. The lowest BCUT2D eigenvalue weighted by atomic mass is 9.87. The number of nitrogens with two attached hydrogens (primary N) is 4. The molecule has 1 heterocycles. The molecule has 0 aromatic heterocycles. The summed E-state index contributed by atoms with van der Waals surface area (Å²) in [4.78, 5) is 148. The molecule has 0 radical (unpaired) electrons. The number of carbonyl (C=O) groups excluding carboxylic acids is 11. The molecule has 28 heteroatoms. The number of carbonyl (C=O) groups is 11. The van der Waals surface area contributed by atoms with Crippen LogP contribution in [0.15, 0.2) is 24.3 Å². The first-order valence-corrected chi connectivity index (χ1v) is 25.9. The van der Waals surface area contributed by atoms with Crippen LogP contribution in [0.2, 0.25) is 0 Å². The number of rotatable bonds is 22. The normalized spacial score (nSPS) is 22.5. The SMILES string of the molecule is CC[C@H](C)[C@@H]1NC(=O)[C@H](Cc2ccc(O)cc2)NC(=O)[C@@H](N)CSSC[C@@H](C(=O)N(C[C@@H](O)CO)C(C=O)CN[C@@H](CC(C)(C)C)C(=O)NCC(N)=O)NC(=O)[C@H](CC(N)=O)NC(=O)[C@H](CCC(N)=O)NC1=O. The number of primary amides is 3. The Morgan fingerprint density at radius 3 is 1.99 bits per heavy atom. The van der Waals surface area contributed by atoms with Gasteiger partial charge >= 0.3 is 0 Å². The number of benzene rings is 1. The van der Waals surface area contributed by atoms with Crippen LogP contribution in [0.4, 0.5) is 0 Å². The molecule has 0 saturated carbocycles. The largest absolute Gasteiger partial charge is 0.508 e. The molecular formula is C45H72N12O14S2. The molecule has 408 valence electrons. The number of amides is 10. The van der Waals surface area contributed by atoms with Gasteiger partial charge in [-0.2, -0.15) is 0 Å². The predicted octanol–water partition coefficient (Wildman–Crippen LogP) is -4.99. The van der Waals surface area contributed by atoms with Crippen molar-refractivity contribution in [2.45, 2.75) is 128 Å². The van der Waals surface area contributed by atoms with Crippen LogP contribution in [0.25, 0.3) is 0 Å². The maximum Gasteiger partial charge on any atom is 0.246 e. The van der Waals surface area contributed by atoms with E-state index in [-0.39, 0.29) is 24.3 Å². The van der Waals surface area contributed by atoms with Crippen LogP contribution in [0.3, 0.4) is 0 Å². The van der Waals surface area contributed by atoms with E-state index in [1.165, 1.54) is 24.3 Å². The van der Waals surface area contributed by atoms with Gasteiger partial charge in [0, 0.05) is 37.4 Å². The fourth-order valence-electron chi connectivity index (χ4n) is 7.11. The quantitative estimate of drug-likeness (QED) is 0.0382. The molecule has 1 unspecified atom stereocenters. The van der Waals surface area contributed by atoms with Crippen LogP contribution < -0.4 is 60.2 Å². The highest BCUT2D eigenvalue weighted by Crippen LogP contribution is 2.25. The summed E-state index contributed by atoms with van der Waals surface area (Å²) in [6.07, 6.45) is -2.84. The average molecular weight is 1070 g/mol. The number of hydrogen-bond acceptors (Lipinski definition) is 18. The summed E-state index contributed by atoms with van der Waals surface area (Å²) in [6.45, 7) is 6.22. The minimum Gasteiger partial charge on any atom is -0.508 e. The Kier molecular flexibility index (Phi) is 26.6. The topological polar surface area (TPSA) is 440 Å². The number of aromatic hydroxyl groups is 1.